The molecule has 2 aliphatic rings. The topological polar surface area (TPSA) is 108 Å². The van der Waals surface area contributed by atoms with Crippen LogP contribution < -0.4 is 4.74 Å². The van der Waals surface area contributed by atoms with Crippen LogP contribution in [0.3, 0.4) is 0 Å². The Balaban J connectivity index is 1.39. The number of hydrogen-bond acceptors (Lipinski definition) is 8. The van der Waals surface area contributed by atoms with Gasteiger partial charge >= 0.3 is 5.97 Å². The van der Waals surface area contributed by atoms with Crippen LogP contribution in [0.5, 0.6) is 5.75 Å². The van der Waals surface area contributed by atoms with E-state index in [1.807, 2.05) is 19.2 Å². The van der Waals surface area contributed by atoms with Crippen molar-refractivity contribution in [1.29, 1.82) is 0 Å². The van der Waals surface area contributed by atoms with E-state index in [1.54, 1.807) is 17.8 Å². The number of aliphatic hydroxyl groups excluding tert-OH is 1. The number of rotatable bonds is 11. The summed E-state index contributed by atoms with van der Waals surface area (Å²) in [6.07, 6.45) is 10.4. The van der Waals surface area contributed by atoms with Gasteiger partial charge < -0.3 is 19.3 Å². The van der Waals surface area contributed by atoms with E-state index in [4.69, 9.17) is 14.2 Å². The average Bonchev–Trinajstić information content (AvgIpc) is 3.60. The Bertz CT molecular complexity index is 1360. The fourth-order valence-electron chi connectivity index (χ4n) is 5.91. The molecule has 5 rings (SSSR count). The smallest absolute Gasteiger partial charge is 0.338 e. The highest BCUT2D eigenvalue weighted by Crippen LogP contribution is 2.46. The highest BCUT2D eigenvalue weighted by atomic mass is 16.6. The van der Waals surface area contributed by atoms with Crippen molar-refractivity contribution >= 4 is 11.7 Å². The molecule has 1 saturated carbocycles. The molecule has 9 heteroatoms. The number of aryl methyl sites for hydroxylation is 3. The Labute approximate surface area is 229 Å². The van der Waals surface area contributed by atoms with Gasteiger partial charge in [0.2, 0.25) is 0 Å². The summed E-state index contributed by atoms with van der Waals surface area (Å²) in [5, 5.41) is 15.7. The van der Waals surface area contributed by atoms with Gasteiger partial charge in [-0.1, -0.05) is 31.9 Å². The highest BCUT2D eigenvalue weighted by Gasteiger charge is 2.48. The second-order valence-corrected chi connectivity index (χ2v) is 10.8. The normalized spacial score (nSPS) is 20.1. The number of aromatic nitrogens is 4. The quantitative estimate of drug-likeness (QED) is 0.274. The number of hydrogen-bond donors (Lipinski definition) is 1. The fraction of sp³-hybridized carbons (Fsp3) is 0.533. The number of cyclic esters (lactones) is 1. The van der Waals surface area contributed by atoms with Crippen LogP contribution >= 0.6 is 0 Å². The summed E-state index contributed by atoms with van der Waals surface area (Å²) in [6, 6.07) is 6.29. The predicted molar refractivity (Wildman–Crippen MR) is 146 cm³/mol. The molecule has 0 amide bonds. The first-order valence-corrected chi connectivity index (χ1v) is 14.0. The number of carbonyl (C=O) groups excluding carboxylic acids is 1. The summed E-state index contributed by atoms with van der Waals surface area (Å²) in [5.74, 6) is 1.52. The van der Waals surface area contributed by atoms with Crippen LogP contribution in [0.4, 0.5) is 0 Å². The number of carbonyl (C=O) groups is 1. The molecule has 1 N–H and O–H groups in total. The van der Waals surface area contributed by atoms with Gasteiger partial charge in [-0.15, -0.1) is 5.10 Å². The van der Waals surface area contributed by atoms with Crippen LogP contribution in [0.25, 0.3) is 5.78 Å². The Morgan fingerprint density at radius 2 is 2.05 bits per heavy atom. The molecule has 208 valence electrons. The molecule has 9 nitrogen and oxygen atoms in total. The Morgan fingerprint density at radius 3 is 2.79 bits per heavy atom. The Morgan fingerprint density at radius 1 is 1.23 bits per heavy atom. The van der Waals surface area contributed by atoms with Gasteiger partial charge in [0.1, 0.15) is 23.7 Å². The van der Waals surface area contributed by atoms with Gasteiger partial charge in [0, 0.05) is 32.3 Å². The number of benzene rings is 1. The summed E-state index contributed by atoms with van der Waals surface area (Å²) < 4.78 is 19.1. The summed E-state index contributed by atoms with van der Waals surface area (Å²) in [4.78, 5) is 22.2. The number of methoxy groups -OCH3 is 1. The minimum absolute atomic E-state index is 0.0834. The Hall–Kier alpha value is -3.46. The molecule has 39 heavy (non-hydrogen) atoms. The largest absolute Gasteiger partial charge is 0.512 e. The van der Waals surface area contributed by atoms with Gasteiger partial charge in [-0.2, -0.15) is 4.98 Å². The van der Waals surface area contributed by atoms with Crippen LogP contribution in [0.15, 0.2) is 41.9 Å². The lowest BCUT2D eigenvalue weighted by molar-refractivity contribution is -0.167. The van der Waals surface area contributed by atoms with Crippen LogP contribution in [0, 0.1) is 12.8 Å². The van der Waals surface area contributed by atoms with Crippen molar-refractivity contribution in [3.05, 3.63) is 64.4 Å². The number of nitrogens with zero attached hydrogens (tertiary/aromatic N) is 4. The van der Waals surface area contributed by atoms with Crippen LogP contribution in [0.2, 0.25) is 0 Å². The van der Waals surface area contributed by atoms with E-state index in [9.17, 15) is 9.90 Å². The summed E-state index contributed by atoms with van der Waals surface area (Å²) in [6.45, 7) is 5.04. The monoisotopic (exact) mass is 534 g/mol. The standard InChI is InChI=1S/C30H38N4O5/c1-4-21-9-10-26(38-14-13-37-3)22(15-21)11-12-30(23-7-5-6-8-23)17-25(35)24(28(36)39-30)16-27-32-29-31-18-20(2)19-34(29)33-27/h9-10,15,18-19,23,35H,4-8,11-14,16-17H2,1-3H3. The SMILES string of the molecule is CCc1ccc(OCCOC)c(CCC2(C3CCCC3)CC(O)=C(Cc3nc4ncc(C)cn4n3)C(=O)O2)c1. The van der Waals surface area contributed by atoms with E-state index >= 15 is 0 Å². The predicted octanol–water partition coefficient (Wildman–Crippen LogP) is 4.88. The van der Waals surface area contributed by atoms with Crippen molar-refractivity contribution in [3.8, 4) is 5.75 Å². The van der Waals surface area contributed by atoms with Gasteiger partial charge in [-0.25, -0.2) is 14.3 Å². The van der Waals surface area contributed by atoms with Crippen LogP contribution in [-0.2, 0) is 33.5 Å². The minimum atomic E-state index is -0.752. The lowest BCUT2D eigenvalue weighted by Crippen LogP contribution is -2.46. The number of fused-ring (bicyclic) bond motifs is 1. The molecule has 0 saturated heterocycles. The first-order chi connectivity index (χ1) is 18.9. The van der Waals surface area contributed by atoms with Gasteiger partial charge in [0.15, 0.2) is 5.82 Å². The molecular weight excluding hydrogens is 496 g/mol. The van der Waals surface area contributed by atoms with E-state index in [2.05, 4.69) is 34.1 Å². The number of esters is 1. The van der Waals surface area contributed by atoms with Crippen molar-refractivity contribution in [2.24, 2.45) is 5.92 Å². The molecule has 0 radical (unpaired) electrons. The minimum Gasteiger partial charge on any atom is -0.512 e. The molecule has 1 aromatic carbocycles. The summed E-state index contributed by atoms with van der Waals surface area (Å²) >= 11 is 0. The molecule has 2 aromatic heterocycles. The highest BCUT2D eigenvalue weighted by molar-refractivity contribution is 5.90. The van der Waals surface area contributed by atoms with Crippen molar-refractivity contribution in [3.63, 3.8) is 0 Å². The molecule has 0 bridgehead atoms. The second kappa shape index (κ2) is 11.7. The van der Waals surface area contributed by atoms with Crippen molar-refractivity contribution < 1.29 is 24.1 Å². The molecular formula is C30H38N4O5. The second-order valence-electron chi connectivity index (χ2n) is 10.8. The zero-order valence-corrected chi connectivity index (χ0v) is 23.1. The lowest BCUT2D eigenvalue weighted by Gasteiger charge is -2.42. The molecule has 1 aliphatic carbocycles. The van der Waals surface area contributed by atoms with E-state index < -0.39 is 11.6 Å². The molecule has 1 unspecified atom stereocenters. The van der Waals surface area contributed by atoms with E-state index in [0.717, 1.165) is 49.0 Å². The molecule has 3 heterocycles. The summed E-state index contributed by atoms with van der Waals surface area (Å²) in [7, 11) is 1.66. The van der Waals surface area contributed by atoms with E-state index in [-0.39, 0.29) is 23.7 Å². The zero-order valence-electron chi connectivity index (χ0n) is 23.1. The fourth-order valence-corrected chi connectivity index (χ4v) is 5.91. The maximum Gasteiger partial charge on any atom is 0.338 e. The first-order valence-electron chi connectivity index (χ1n) is 14.0. The number of aliphatic hydroxyl groups is 1. The molecule has 1 aliphatic heterocycles. The van der Waals surface area contributed by atoms with Gasteiger partial charge in [-0.3, -0.25) is 0 Å². The van der Waals surface area contributed by atoms with Gasteiger partial charge in [0.05, 0.1) is 12.2 Å². The molecule has 1 fully saturated rings. The van der Waals surface area contributed by atoms with Crippen LogP contribution in [0.1, 0.15) is 68.0 Å². The maximum absolute atomic E-state index is 13.4. The average molecular weight is 535 g/mol. The van der Waals surface area contributed by atoms with E-state index in [0.29, 0.717) is 44.1 Å². The third kappa shape index (κ3) is 5.93. The van der Waals surface area contributed by atoms with Crippen LogP contribution in [-0.4, -0.2) is 56.6 Å². The third-order valence-corrected chi connectivity index (χ3v) is 8.05. The molecule has 0 spiro atoms. The zero-order chi connectivity index (χ0) is 27.4. The lowest BCUT2D eigenvalue weighted by atomic mass is 9.76. The maximum atomic E-state index is 13.4. The third-order valence-electron chi connectivity index (χ3n) is 8.05. The molecule has 1 atom stereocenters. The van der Waals surface area contributed by atoms with Gasteiger partial charge in [-0.05, 0) is 67.7 Å². The summed E-state index contributed by atoms with van der Waals surface area (Å²) in [5.41, 5.74) is 2.75. The van der Waals surface area contributed by atoms with Crippen molar-refractivity contribution in [2.75, 3.05) is 20.3 Å². The van der Waals surface area contributed by atoms with Gasteiger partial charge in [0.25, 0.3) is 5.78 Å². The molecule has 3 aromatic rings. The van der Waals surface area contributed by atoms with E-state index in [1.165, 1.54) is 5.56 Å². The van der Waals surface area contributed by atoms with Crippen molar-refractivity contribution in [1.82, 2.24) is 19.6 Å². The number of ether oxygens (including phenoxy) is 3. The first kappa shape index (κ1) is 27.1. The Kier molecular flexibility index (Phi) is 8.16. The van der Waals surface area contributed by atoms with Crippen molar-refractivity contribution in [2.45, 2.75) is 77.2 Å².